The van der Waals surface area contributed by atoms with Crippen molar-refractivity contribution in [3.63, 3.8) is 0 Å². The summed E-state index contributed by atoms with van der Waals surface area (Å²) in [7, 11) is 0. The smallest absolute Gasteiger partial charge is 0.341 e. The molecule has 0 amide bonds. The molecule has 0 unspecified atom stereocenters. The molecule has 2 aliphatic heterocycles. The van der Waals surface area contributed by atoms with E-state index in [0.29, 0.717) is 0 Å². The summed E-state index contributed by atoms with van der Waals surface area (Å²) in [5, 5.41) is 8.32. The number of ether oxygens (including phenoxy) is 2. The van der Waals surface area contributed by atoms with E-state index in [2.05, 4.69) is 10.2 Å². The van der Waals surface area contributed by atoms with E-state index in [-0.39, 0.29) is 29.4 Å². The standard InChI is InChI=1S/C13H22N2O3/c1-7-8(2)14-15-13(7)9(3)17-11(12(4,5)6)18-10(13)16/h7-9,11H,1-6H3/t7-,8+,9-,11-,13+/m1/s1. The number of cyclic esters (lactones) is 1. The van der Waals surface area contributed by atoms with Gasteiger partial charge in [-0.15, -0.1) is 0 Å². The molecule has 0 bridgehead atoms. The molecule has 2 rings (SSSR count). The van der Waals surface area contributed by atoms with Gasteiger partial charge in [-0.05, 0) is 13.8 Å². The molecule has 5 nitrogen and oxygen atoms in total. The zero-order valence-corrected chi connectivity index (χ0v) is 11.9. The van der Waals surface area contributed by atoms with Crippen LogP contribution in [0.4, 0.5) is 0 Å². The number of hydrogen-bond acceptors (Lipinski definition) is 5. The minimum Gasteiger partial charge on any atom is -0.433 e. The first-order valence-electron chi connectivity index (χ1n) is 6.48. The molecule has 18 heavy (non-hydrogen) atoms. The van der Waals surface area contributed by atoms with E-state index in [4.69, 9.17) is 9.47 Å². The predicted molar refractivity (Wildman–Crippen MR) is 66.1 cm³/mol. The number of azo groups is 1. The maximum atomic E-state index is 12.4. The highest BCUT2D eigenvalue weighted by Crippen LogP contribution is 2.43. The molecule has 2 aliphatic rings. The van der Waals surface area contributed by atoms with Crippen molar-refractivity contribution in [2.75, 3.05) is 0 Å². The first kappa shape index (κ1) is 13.5. The van der Waals surface area contributed by atoms with Gasteiger partial charge in [0.15, 0.2) is 0 Å². The largest absolute Gasteiger partial charge is 0.433 e. The Labute approximate surface area is 108 Å². The summed E-state index contributed by atoms with van der Waals surface area (Å²) in [6.07, 6.45) is -0.837. The zero-order chi connectivity index (χ0) is 13.7. The highest BCUT2D eigenvalue weighted by atomic mass is 16.7. The van der Waals surface area contributed by atoms with Crippen LogP contribution in [0.2, 0.25) is 0 Å². The Kier molecular flexibility index (Phi) is 3.00. The van der Waals surface area contributed by atoms with E-state index >= 15 is 0 Å². The minimum atomic E-state index is -0.957. The molecule has 5 heteroatoms. The van der Waals surface area contributed by atoms with E-state index in [1.165, 1.54) is 0 Å². The van der Waals surface area contributed by atoms with Gasteiger partial charge in [-0.3, -0.25) is 0 Å². The molecule has 0 aromatic heterocycles. The van der Waals surface area contributed by atoms with Crippen molar-refractivity contribution in [3.8, 4) is 0 Å². The van der Waals surface area contributed by atoms with Crippen LogP contribution in [0.15, 0.2) is 10.2 Å². The maximum Gasteiger partial charge on any atom is 0.341 e. The van der Waals surface area contributed by atoms with Crippen molar-refractivity contribution in [2.45, 2.75) is 65.5 Å². The lowest BCUT2D eigenvalue weighted by molar-refractivity contribution is -0.260. The highest BCUT2D eigenvalue weighted by molar-refractivity contribution is 5.83. The lowest BCUT2D eigenvalue weighted by atomic mass is 9.78. The molecule has 5 atom stereocenters. The van der Waals surface area contributed by atoms with Gasteiger partial charge >= 0.3 is 5.97 Å². The molecule has 1 saturated heterocycles. The quantitative estimate of drug-likeness (QED) is 0.624. The normalized spacial score (nSPS) is 44.4. The molecule has 1 fully saturated rings. The lowest BCUT2D eigenvalue weighted by Gasteiger charge is -2.44. The van der Waals surface area contributed by atoms with Crippen LogP contribution in [0, 0.1) is 11.3 Å². The van der Waals surface area contributed by atoms with Gasteiger partial charge in [-0.2, -0.15) is 10.2 Å². The molecule has 0 saturated carbocycles. The number of esters is 1. The Morgan fingerprint density at radius 1 is 1.22 bits per heavy atom. The Morgan fingerprint density at radius 2 is 1.83 bits per heavy atom. The summed E-state index contributed by atoms with van der Waals surface area (Å²) in [6.45, 7) is 11.8. The summed E-state index contributed by atoms with van der Waals surface area (Å²) in [6, 6.07) is 0.0230. The van der Waals surface area contributed by atoms with Crippen LogP contribution >= 0.6 is 0 Å². The van der Waals surface area contributed by atoms with Gasteiger partial charge in [0.05, 0.1) is 12.1 Å². The van der Waals surface area contributed by atoms with Crippen LogP contribution in [0.1, 0.15) is 41.5 Å². The van der Waals surface area contributed by atoms with E-state index in [1.807, 2.05) is 41.5 Å². The number of rotatable bonds is 0. The molecule has 0 aromatic carbocycles. The predicted octanol–water partition coefficient (Wildman–Crippen LogP) is 2.55. The Hall–Kier alpha value is -0.970. The third-order valence-electron chi connectivity index (χ3n) is 4.02. The van der Waals surface area contributed by atoms with Gasteiger partial charge in [0.25, 0.3) is 0 Å². The minimum absolute atomic E-state index is 0.000850. The van der Waals surface area contributed by atoms with E-state index in [9.17, 15) is 4.79 Å². The molecule has 0 radical (unpaired) electrons. The zero-order valence-electron chi connectivity index (χ0n) is 11.9. The highest BCUT2D eigenvalue weighted by Gasteiger charge is 2.60. The van der Waals surface area contributed by atoms with Crippen LogP contribution in [-0.4, -0.2) is 29.9 Å². The van der Waals surface area contributed by atoms with Crippen molar-refractivity contribution >= 4 is 5.97 Å². The van der Waals surface area contributed by atoms with Gasteiger partial charge in [0.2, 0.25) is 11.8 Å². The van der Waals surface area contributed by atoms with Gasteiger partial charge in [0.1, 0.15) is 0 Å². The summed E-state index contributed by atoms with van der Waals surface area (Å²) in [5.74, 6) is -0.303. The molecule has 0 aliphatic carbocycles. The molecule has 0 aromatic rings. The fourth-order valence-electron chi connectivity index (χ4n) is 2.48. The third-order valence-corrected chi connectivity index (χ3v) is 4.02. The van der Waals surface area contributed by atoms with Crippen molar-refractivity contribution in [1.29, 1.82) is 0 Å². The second kappa shape index (κ2) is 4.02. The molecule has 1 spiro atoms. The first-order chi connectivity index (χ1) is 8.19. The first-order valence-corrected chi connectivity index (χ1v) is 6.48. The lowest BCUT2D eigenvalue weighted by Crippen LogP contribution is -2.60. The summed E-state index contributed by atoms with van der Waals surface area (Å²) >= 11 is 0. The average molecular weight is 254 g/mol. The second-order valence-electron chi connectivity index (χ2n) is 6.45. The Bertz CT molecular complexity index is 388. The van der Waals surface area contributed by atoms with Gasteiger partial charge < -0.3 is 9.47 Å². The number of hydrogen-bond donors (Lipinski definition) is 0. The van der Waals surface area contributed by atoms with Gasteiger partial charge in [0, 0.05) is 11.3 Å². The second-order valence-corrected chi connectivity index (χ2v) is 6.45. The topological polar surface area (TPSA) is 60.2 Å². The summed E-state index contributed by atoms with van der Waals surface area (Å²) < 4.78 is 11.3. The van der Waals surface area contributed by atoms with Gasteiger partial charge in [-0.25, -0.2) is 4.79 Å². The monoisotopic (exact) mass is 254 g/mol. The van der Waals surface area contributed by atoms with Crippen molar-refractivity contribution in [2.24, 2.45) is 21.6 Å². The van der Waals surface area contributed by atoms with E-state index < -0.39 is 11.8 Å². The molecule has 0 N–H and O–H groups in total. The maximum absolute atomic E-state index is 12.4. The molecule has 2 heterocycles. The molecular formula is C13H22N2O3. The number of carbonyl (C=O) groups excluding carboxylic acids is 1. The fourth-order valence-corrected chi connectivity index (χ4v) is 2.48. The van der Waals surface area contributed by atoms with E-state index in [1.54, 1.807) is 0 Å². The number of nitrogens with zero attached hydrogens (tertiary/aromatic N) is 2. The summed E-state index contributed by atoms with van der Waals surface area (Å²) in [4.78, 5) is 12.4. The number of carbonyl (C=O) groups is 1. The van der Waals surface area contributed by atoms with Crippen LogP contribution < -0.4 is 0 Å². The summed E-state index contributed by atoms with van der Waals surface area (Å²) in [5.41, 5.74) is -1.20. The van der Waals surface area contributed by atoms with Gasteiger partial charge in [-0.1, -0.05) is 27.7 Å². The fraction of sp³-hybridized carbons (Fsp3) is 0.923. The van der Waals surface area contributed by atoms with Crippen molar-refractivity contribution in [3.05, 3.63) is 0 Å². The van der Waals surface area contributed by atoms with Crippen molar-refractivity contribution in [1.82, 2.24) is 0 Å². The van der Waals surface area contributed by atoms with E-state index in [0.717, 1.165) is 0 Å². The Morgan fingerprint density at radius 3 is 2.22 bits per heavy atom. The van der Waals surface area contributed by atoms with Crippen molar-refractivity contribution < 1.29 is 14.3 Å². The van der Waals surface area contributed by atoms with Crippen LogP contribution in [0.5, 0.6) is 0 Å². The molecule has 102 valence electrons. The van der Waals surface area contributed by atoms with Crippen LogP contribution in [-0.2, 0) is 14.3 Å². The Balaban J connectivity index is 2.28. The molecular weight excluding hydrogens is 232 g/mol. The SMILES string of the molecule is C[C@@H]1N=N[C@@]2(C(=O)O[C@H](C(C)(C)C)O[C@@H]2C)[C@@H]1C. The van der Waals surface area contributed by atoms with Crippen LogP contribution in [0.25, 0.3) is 0 Å². The average Bonchev–Trinajstić information content (AvgIpc) is 2.53. The van der Waals surface area contributed by atoms with Crippen LogP contribution in [0.3, 0.4) is 0 Å². The third kappa shape index (κ3) is 1.76.